The lowest BCUT2D eigenvalue weighted by molar-refractivity contribution is -0.162. The van der Waals surface area contributed by atoms with Crippen LogP contribution in [0.5, 0.6) is 0 Å². The molecule has 0 bridgehead atoms. The van der Waals surface area contributed by atoms with Crippen LogP contribution in [0.15, 0.2) is 29.2 Å². The van der Waals surface area contributed by atoms with Gasteiger partial charge in [-0.05, 0) is 12.1 Å². The van der Waals surface area contributed by atoms with Crippen molar-refractivity contribution >= 4 is 11.8 Å². The summed E-state index contributed by atoms with van der Waals surface area (Å²) < 4.78 is 36.4. The Bertz CT molecular complexity index is 268. The highest BCUT2D eigenvalue weighted by Gasteiger charge is 2.35. The average molecular weight is 219 g/mol. The van der Waals surface area contributed by atoms with Gasteiger partial charge in [-0.25, -0.2) is 0 Å². The summed E-state index contributed by atoms with van der Waals surface area (Å²) in [5, 5.41) is 0. The molecule has 0 aliphatic heterocycles. The van der Waals surface area contributed by atoms with Crippen LogP contribution in [0.4, 0.5) is 13.2 Å². The zero-order valence-electron chi connectivity index (χ0n) is 7.64. The van der Waals surface area contributed by atoms with Crippen molar-refractivity contribution in [3.63, 3.8) is 0 Å². The molecule has 1 radical (unpaired) electrons. The standard InChI is InChI=1S/C10H10F3S/c1-8(10(11,12)13)7-14-9-5-3-2-4-6-9/h2-5,8H,7H2,1H3. The third-order valence-electron chi connectivity index (χ3n) is 1.73. The summed E-state index contributed by atoms with van der Waals surface area (Å²) in [5.74, 6) is -1.23. The summed E-state index contributed by atoms with van der Waals surface area (Å²) in [6.07, 6.45) is -4.10. The molecule has 0 aliphatic carbocycles. The molecule has 0 fully saturated rings. The van der Waals surface area contributed by atoms with Crippen LogP contribution in [0.3, 0.4) is 0 Å². The summed E-state index contributed by atoms with van der Waals surface area (Å²) in [7, 11) is 0. The van der Waals surface area contributed by atoms with Crippen molar-refractivity contribution in [3.05, 3.63) is 30.3 Å². The lowest BCUT2D eigenvalue weighted by atomic mass is 10.2. The lowest BCUT2D eigenvalue weighted by Gasteiger charge is -2.14. The number of alkyl halides is 3. The molecule has 0 nitrogen and oxygen atoms in total. The van der Waals surface area contributed by atoms with Crippen molar-refractivity contribution in [2.24, 2.45) is 5.92 Å². The summed E-state index contributed by atoms with van der Waals surface area (Å²) in [6.45, 7) is 1.19. The van der Waals surface area contributed by atoms with Crippen molar-refractivity contribution in [2.75, 3.05) is 5.75 Å². The van der Waals surface area contributed by atoms with E-state index >= 15 is 0 Å². The molecule has 1 atom stereocenters. The zero-order chi connectivity index (χ0) is 10.6. The zero-order valence-corrected chi connectivity index (χ0v) is 8.45. The van der Waals surface area contributed by atoms with Crippen LogP contribution in [0.1, 0.15) is 6.92 Å². The van der Waals surface area contributed by atoms with E-state index in [0.717, 1.165) is 4.90 Å². The fourth-order valence-corrected chi connectivity index (χ4v) is 1.72. The SMILES string of the molecule is CC(CSc1[c]cccc1)C(F)(F)F. The second-order valence-corrected chi connectivity index (χ2v) is 4.04. The van der Waals surface area contributed by atoms with Gasteiger partial charge in [0.05, 0.1) is 5.92 Å². The van der Waals surface area contributed by atoms with E-state index in [1.807, 2.05) is 0 Å². The molecule has 0 heterocycles. The van der Waals surface area contributed by atoms with Crippen molar-refractivity contribution in [2.45, 2.75) is 18.0 Å². The van der Waals surface area contributed by atoms with Crippen LogP contribution < -0.4 is 0 Å². The molecule has 0 aromatic heterocycles. The van der Waals surface area contributed by atoms with E-state index in [9.17, 15) is 13.2 Å². The molecule has 1 aromatic rings. The molecule has 0 spiro atoms. The minimum Gasteiger partial charge on any atom is -0.171 e. The smallest absolute Gasteiger partial charge is 0.171 e. The number of thioether (sulfide) groups is 1. The average Bonchev–Trinajstić information content (AvgIpc) is 2.14. The first-order valence-corrected chi connectivity index (χ1v) is 5.15. The largest absolute Gasteiger partial charge is 0.392 e. The minimum absolute atomic E-state index is 0.0456. The number of halogens is 3. The Morgan fingerprint density at radius 2 is 2.14 bits per heavy atom. The normalized spacial score (nSPS) is 14.0. The predicted molar refractivity (Wildman–Crippen MR) is 51.2 cm³/mol. The van der Waals surface area contributed by atoms with Gasteiger partial charge in [0.15, 0.2) is 0 Å². The van der Waals surface area contributed by atoms with Crippen LogP contribution in [-0.2, 0) is 0 Å². The van der Waals surface area contributed by atoms with Crippen LogP contribution in [-0.4, -0.2) is 11.9 Å². The molecular formula is C10H10F3S. The Balaban J connectivity index is 2.42. The van der Waals surface area contributed by atoms with Crippen LogP contribution in [0, 0.1) is 12.0 Å². The fourth-order valence-electron chi connectivity index (χ4n) is 0.776. The predicted octanol–water partition coefficient (Wildman–Crippen LogP) is 3.78. The molecule has 1 aromatic carbocycles. The summed E-state index contributed by atoms with van der Waals surface area (Å²) in [6, 6.07) is 9.90. The second kappa shape index (κ2) is 4.73. The van der Waals surface area contributed by atoms with Gasteiger partial charge in [0.25, 0.3) is 0 Å². The summed E-state index contributed by atoms with van der Waals surface area (Å²) in [4.78, 5) is 0.753. The molecule has 1 unspecified atom stereocenters. The van der Waals surface area contributed by atoms with Gasteiger partial charge in [0.2, 0.25) is 0 Å². The lowest BCUT2D eigenvalue weighted by Crippen LogP contribution is -2.21. The molecule has 77 valence electrons. The number of benzene rings is 1. The highest BCUT2D eigenvalue weighted by atomic mass is 32.2. The molecule has 0 amide bonds. The second-order valence-electron chi connectivity index (χ2n) is 2.98. The first-order valence-electron chi connectivity index (χ1n) is 4.16. The van der Waals surface area contributed by atoms with Crippen molar-refractivity contribution in [1.29, 1.82) is 0 Å². The highest BCUT2D eigenvalue weighted by molar-refractivity contribution is 7.99. The Morgan fingerprint density at radius 1 is 1.43 bits per heavy atom. The van der Waals surface area contributed by atoms with Gasteiger partial charge in [-0.2, -0.15) is 13.2 Å². The van der Waals surface area contributed by atoms with Crippen molar-refractivity contribution in [3.8, 4) is 0 Å². The number of rotatable bonds is 3. The fraction of sp³-hybridized carbons (Fsp3) is 0.400. The molecule has 14 heavy (non-hydrogen) atoms. The van der Waals surface area contributed by atoms with Gasteiger partial charge < -0.3 is 0 Å². The van der Waals surface area contributed by atoms with Crippen LogP contribution in [0.2, 0.25) is 0 Å². The molecule has 0 saturated carbocycles. The van der Waals surface area contributed by atoms with E-state index < -0.39 is 12.1 Å². The topological polar surface area (TPSA) is 0 Å². The van der Waals surface area contributed by atoms with Gasteiger partial charge in [0, 0.05) is 10.6 Å². The Labute approximate surface area is 85.5 Å². The first-order chi connectivity index (χ1) is 6.50. The quantitative estimate of drug-likeness (QED) is 0.697. The van der Waals surface area contributed by atoms with Gasteiger partial charge >= 0.3 is 6.18 Å². The molecule has 0 saturated heterocycles. The minimum atomic E-state index is -4.10. The molecule has 0 N–H and O–H groups in total. The first kappa shape index (κ1) is 11.4. The van der Waals surface area contributed by atoms with Gasteiger partial charge in [-0.3, -0.25) is 0 Å². The van der Waals surface area contributed by atoms with E-state index in [1.54, 1.807) is 24.3 Å². The molecule has 1 rings (SSSR count). The summed E-state index contributed by atoms with van der Waals surface area (Å²) in [5.41, 5.74) is 0. The Morgan fingerprint density at radius 3 is 2.64 bits per heavy atom. The Hall–Kier alpha value is -0.640. The van der Waals surface area contributed by atoms with E-state index in [0.29, 0.717) is 0 Å². The molecule has 0 aliphatic rings. The maximum Gasteiger partial charge on any atom is 0.392 e. The van der Waals surface area contributed by atoms with Crippen molar-refractivity contribution in [1.82, 2.24) is 0 Å². The molecular weight excluding hydrogens is 209 g/mol. The van der Waals surface area contributed by atoms with Crippen LogP contribution >= 0.6 is 11.8 Å². The number of hydrogen-bond acceptors (Lipinski definition) is 1. The van der Waals surface area contributed by atoms with E-state index in [-0.39, 0.29) is 5.75 Å². The number of hydrogen-bond donors (Lipinski definition) is 0. The summed E-state index contributed by atoms with van der Waals surface area (Å²) >= 11 is 1.18. The Kier molecular flexibility index (Phi) is 3.86. The highest BCUT2D eigenvalue weighted by Crippen LogP contribution is 2.30. The van der Waals surface area contributed by atoms with E-state index in [4.69, 9.17) is 0 Å². The van der Waals surface area contributed by atoms with Gasteiger partial charge in [-0.15, -0.1) is 11.8 Å². The monoisotopic (exact) mass is 219 g/mol. The van der Waals surface area contributed by atoms with Gasteiger partial charge in [-0.1, -0.05) is 25.1 Å². The van der Waals surface area contributed by atoms with E-state index in [1.165, 1.54) is 18.7 Å². The third kappa shape index (κ3) is 3.62. The molecule has 4 heteroatoms. The van der Waals surface area contributed by atoms with Crippen molar-refractivity contribution < 1.29 is 13.2 Å². The maximum atomic E-state index is 12.1. The van der Waals surface area contributed by atoms with Crippen LogP contribution in [0.25, 0.3) is 0 Å². The van der Waals surface area contributed by atoms with Gasteiger partial charge in [0.1, 0.15) is 0 Å². The maximum absolute atomic E-state index is 12.1. The third-order valence-corrected chi connectivity index (χ3v) is 2.96. The van der Waals surface area contributed by atoms with E-state index in [2.05, 4.69) is 6.07 Å².